The number of nitrogens with one attached hydrogen (secondary N) is 1. The normalized spacial score (nSPS) is 27.9. The lowest BCUT2D eigenvalue weighted by atomic mass is 9.89. The van der Waals surface area contributed by atoms with Crippen LogP contribution < -0.4 is 5.32 Å². The third-order valence-electron chi connectivity index (χ3n) is 6.78. The van der Waals surface area contributed by atoms with E-state index in [1.807, 2.05) is 0 Å². The van der Waals surface area contributed by atoms with Gasteiger partial charge in [-0.3, -0.25) is 9.89 Å². The number of likely N-dealkylation sites (tertiary alicyclic amines) is 2. The number of aliphatic imine (C=N–C) groups is 1. The van der Waals surface area contributed by atoms with Crippen molar-refractivity contribution >= 4 is 29.9 Å². The van der Waals surface area contributed by atoms with Crippen molar-refractivity contribution in [2.24, 2.45) is 10.9 Å². The summed E-state index contributed by atoms with van der Waals surface area (Å²) in [6, 6.07) is 9.56. The largest absolute Gasteiger partial charge is 0.373 e. The van der Waals surface area contributed by atoms with E-state index < -0.39 is 0 Å². The number of benzene rings is 1. The Balaban J connectivity index is 0.00000256. The van der Waals surface area contributed by atoms with Crippen LogP contribution in [0.25, 0.3) is 0 Å². The van der Waals surface area contributed by atoms with Crippen molar-refractivity contribution in [2.45, 2.75) is 58.1 Å². The maximum absolute atomic E-state index is 6.21. The molecule has 1 aromatic carbocycles. The molecule has 168 valence electrons. The number of aryl methyl sites for hydroxylation is 1. The van der Waals surface area contributed by atoms with Gasteiger partial charge < -0.3 is 15.0 Å². The summed E-state index contributed by atoms with van der Waals surface area (Å²) in [4.78, 5) is 10.3. The predicted octanol–water partition coefficient (Wildman–Crippen LogP) is 4.22. The lowest BCUT2D eigenvalue weighted by molar-refractivity contribution is -0.0250. The molecule has 1 aromatic rings. The van der Waals surface area contributed by atoms with Crippen molar-refractivity contribution in [3.05, 3.63) is 35.4 Å². The summed E-state index contributed by atoms with van der Waals surface area (Å²) in [7, 11) is 0. The van der Waals surface area contributed by atoms with Crippen molar-refractivity contribution in [2.75, 3.05) is 45.9 Å². The molecular formula is C24H39IN4O. The van der Waals surface area contributed by atoms with Crippen LogP contribution in [0, 0.1) is 12.8 Å². The first-order chi connectivity index (χ1) is 14.2. The number of rotatable bonds is 5. The average molecular weight is 527 g/mol. The molecule has 3 unspecified atom stereocenters. The van der Waals surface area contributed by atoms with Crippen LogP contribution in [0.5, 0.6) is 0 Å². The molecule has 3 aliphatic rings. The second-order valence-electron chi connectivity index (χ2n) is 8.93. The Bertz CT molecular complexity index is 674. The molecule has 0 amide bonds. The van der Waals surface area contributed by atoms with E-state index in [2.05, 4.69) is 53.2 Å². The second-order valence-corrected chi connectivity index (χ2v) is 8.93. The quantitative estimate of drug-likeness (QED) is 0.355. The van der Waals surface area contributed by atoms with E-state index in [-0.39, 0.29) is 30.1 Å². The summed E-state index contributed by atoms with van der Waals surface area (Å²) < 4.78 is 6.21. The average Bonchev–Trinajstić information content (AvgIpc) is 3.44. The highest BCUT2D eigenvalue weighted by atomic mass is 127. The summed E-state index contributed by atoms with van der Waals surface area (Å²) in [6.45, 7) is 11.7. The van der Waals surface area contributed by atoms with Crippen molar-refractivity contribution in [1.82, 2.24) is 15.1 Å². The monoisotopic (exact) mass is 526 g/mol. The minimum atomic E-state index is 0. The summed E-state index contributed by atoms with van der Waals surface area (Å²) in [5.74, 6) is 1.56. The Morgan fingerprint density at radius 3 is 2.60 bits per heavy atom. The number of guanidine groups is 1. The van der Waals surface area contributed by atoms with Crippen LogP contribution >= 0.6 is 24.0 Å². The molecular weight excluding hydrogens is 487 g/mol. The molecule has 0 saturated carbocycles. The molecule has 3 aliphatic heterocycles. The first-order valence-electron chi connectivity index (χ1n) is 11.7. The van der Waals surface area contributed by atoms with Crippen LogP contribution in [-0.2, 0) is 4.74 Å². The molecule has 3 saturated heterocycles. The van der Waals surface area contributed by atoms with E-state index in [4.69, 9.17) is 9.73 Å². The minimum absolute atomic E-state index is 0. The van der Waals surface area contributed by atoms with Gasteiger partial charge in [0.05, 0.1) is 6.10 Å². The van der Waals surface area contributed by atoms with E-state index in [0.717, 1.165) is 45.2 Å². The molecule has 0 spiro atoms. The molecule has 3 fully saturated rings. The SMILES string of the molecule is CCNC(=NCC1CCCOC1c1ccc(C)cc1)N1CCC(N2CCCC2)C1.I. The number of ether oxygens (including phenoxy) is 1. The van der Waals surface area contributed by atoms with Gasteiger partial charge in [-0.25, -0.2) is 0 Å². The molecule has 6 heteroatoms. The zero-order valence-corrected chi connectivity index (χ0v) is 21.0. The molecule has 3 heterocycles. The Morgan fingerprint density at radius 1 is 1.10 bits per heavy atom. The lowest BCUT2D eigenvalue weighted by Crippen LogP contribution is -2.43. The zero-order chi connectivity index (χ0) is 20.1. The molecule has 4 rings (SSSR count). The third-order valence-corrected chi connectivity index (χ3v) is 6.78. The van der Waals surface area contributed by atoms with Crippen LogP contribution in [0.4, 0.5) is 0 Å². The molecule has 0 aliphatic carbocycles. The highest BCUT2D eigenvalue weighted by Crippen LogP contribution is 2.34. The number of halogens is 1. The Labute approximate surface area is 199 Å². The highest BCUT2D eigenvalue weighted by Gasteiger charge is 2.31. The van der Waals surface area contributed by atoms with Crippen LogP contribution in [0.3, 0.4) is 0 Å². The fourth-order valence-corrected chi connectivity index (χ4v) is 5.12. The Hall–Kier alpha value is -0.860. The van der Waals surface area contributed by atoms with Gasteiger partial charge in [-0.1, -0.05) is 29.8 Å². The second kappa shape index (κ2) is 11.7. The molecule has 5 nitrogen and oxygen atoms in total. The lowest BCUT2D eigenvalue weighted by Gasteiger charge is -2.32. The maximum Gasteiger partial charge on any atom is 0.193 e. The van der Waals surface area contributed by atoms with Gasteiger partial charge in [0.2, 0.25) is 0 Å². The summed E-state index contributed by atoms with van der Waals surface area (Å²) in [6.07, 6.45) is 6.51. The Kier molecular flexibility index (Phi) is 9.26. The van der Waals surface area contributed by atoms with Gasteiger partial charge in [0, 0.05) is 44.7 Å². The van der Waals surface area contributed by atoms with E-state index in [1.165, 1.54) is 49.9 Å². The summed E-state index contributed by atoms with van der Waals surface area (Å²) in [5.41, 5.74) is 2.60. The molecule has 1 N–H and O–H groups in total. The molecule has 0 aromatic heterocycles. The minimum Gasteiger partial charge on any atom is -0.373 e. The number of hydrogen-bond acceptors (Lipinski definition) is 3. The van der Waals surface area contributed by atoms with Crippen LogP contribution in [0.15, 0.2) is 29.3 Å². The predicted molar refractivity (Wildman–Crippen MR) is 135 cm³/mol. The topological polar surface area (TPSA) is 40.1 Å². The van der Waals surface area contributed by atoms with Gasteiger partial charge >= 0.3 is 0 Å². The van der Waals surface area contributed by atoms with Crippen LogP contribution in [0.1, 0.15) is 56.3 Å². The molecule has 3 atom stereocenters. The van der Waals surface area contributed by atoms with Crippen molar-refractivity contribution < 1.29 is 4.74 Å². The molecule has 0 radical (unpaired) electrons. The van der Waals surface area contributed by atoms with Crippen molar-refractivity contribution in [1.29, 1.82) is 0 Å². The van der Waals surface area contributed by atoms with E-state index in [9.17, 15) is 0 Å². The fourth-order valence-electron chi connectivity index (χ4n) is 5.12. The maximum atomic E-state index is 6.21. The summed E-state index contributed by atoms with van der Waals surface area (Å²) >= 11 is 0. The van der Waals surface area contributed by atoms with Gasteiger partial charge in [0.1, 0.15) is 0 Å². The molecule has 0 bridgehead atoms. The summed E-state index contributed by atoms with van der Waals surface area (Å²) in [5, 5.41) is 3.55. The van der Waals surface area contributed by atoms with Crippen LogP contribution in [-0.4, -0.2) is 67.7 Å². The van der Waals surface area contributed by atoms with Crippen molar-refractivity contribution in [3.8, 4) is 0 Å². The Morgan fingerprint density at radius 2 is 1.87 bits per heavy atom. The van der Waals surface area contributed by atoms with E-state index in [0.29, 0.717) is 12.0 Å². The van der Waals surface area contributed by atoms with Gasteiger partial charge in [-0.05, 0) is 64.6 Å². The number of nitrogens with zero attached hydrogens (tertiary/aromatic N) is 3. The van der Waals surface area contributed by atoms with Gasteiger partial charge in [0.25, 0.3) is 0 Å². The first kappa shape index (κ1) is 23.8. The van der Waals surface area contributed by atoms with Crippen molar-refractivity contribution in [3.63, 3.8) is 0 Å². The van der Waals surface area contributed by atoms with Gasteiger partial charge in [-0.2, -0.15) is 0 Å². The molecule has 30 heavy (non-hydrogen) atoms. The highest BCUT2D eigenvalue weighted by molar-refractivity contribution is 14.0. The van der Waals surface area contributed by atoms with Gasteiger partial charge in [-0.15, -0.1) is 24.0 Å². The van der Waals surface area contributed by atoms with E-state index in [1.54, 1.807) is 0 Å². The van der Waals surface area contributed by atoms with E-state index >= 15 is 0 Å². The zero-order valence-electron chi connectivity index (χ0n) is 18.7. The number of hydrogen-bond donors (Lipinski definition) is 1. The third kappa shape index (κ3) is 5.88. The smallest absolute Gasteiger partial charge is 0.193 e. The standard InChI is InChI=1S/C24H38N4O.HI/c1-3-25-24(28-15-12-22(18-28)27-13-4-5-14-27)26-17-21-7-6-16-29-23(21)20-10-8-19(2)9-11-20;/h8-11,21-23H,3-7,12-18H2,1-2H3,(H,25,26);1H. The fraction of sp³-hybridized carbons (Fsp3) is 0.708. The first-order valence-corrected chi connectivity index (χ1v) is 11.7. The van der Waals surface area contributed by atoms with Crippen LogP contribution in [0.2, 0.25) is 0 Å². The van der Waals surface area contributed by atoms with Gasteiger partial charge in [0.15, 0.2) is 5.96 Å².